The highest BCUT2D eigenvalue weighted by molar-refractivity contribution is 6.30. The van der Waals surface area contributed by atoms with E-state index in [1.54, 1.807) is 0 Å². The molecule has 0 aromatic heterocycles. The Bertz CT molecular complexity index is 823. The standard InChI is InChI=1S/C23H26ClNO4/c1-2-28-23-19(9-6-14-26)20(16-10-12-17(24)13-11-16)15-21(29-23)22(27)25-18-7-4-3-5-8-18/h3-5,7-8,10-13,15,19-20,23,26H,2,6,9,14H2,1H3,(H,25,27)/t19-,20+,23+/m1/s1. The predicted octanol–water partition coefficient (Wildman–Crippen LogP) is 4.73. The number of carbonyl (C=O) groups excluding carboxylic acids is 1. The molecule has 3 atom stereocenters. The molecule has 2 N–H and O–H groups in total. The topological polar surface area (TPSA) is 67.8 Å². The maximum absolute atomic E-state index is 12.8. The first-order chi connectivity index (χ1) is 14.1. The molecule has 0 unspecified atom stereocenters. The summed E-state index contributed by atoms with van der Waals surface area (Å²) in [5.41, 5.74) is 1.72. The maximum Gasteiger partial charge on any atom is 0.290 e. The number of halogens is 1. The Balaban J connectivity index is 1.92. The molecule has 3 rings (SSSR count). The fourth-order valence-electron chi connectivity index (χ4n) is 3.54. The van der Waals surface area contributed by atoms with Gasteiger partial charge in [0.2, 0.25) is 6.29 Å². The first-order valence-corrected chi connectivity index (χ1v) is 10.2. The number of para-hydroxylation sites is 1. The number of benzene rings is 2. The van der Waals surface area contributed by atoms with Crippen LogP contribution in [0, 0.1) is 5.92 Å². The van der Waals surface area contributed by atoms with Crippen LogP contribution in [0.1, 0.15) is 31.2 Å². The highest BCUT2D eigenvalue weighted by atomic mass is 35.5. The van der Waals surface area contributed by atoms with Gasteiger partial charge in [-0.25, -0.2) is 0 Å². The molecule has 6 heteroatoms. The SMILES string of the molecule is CCO[C@H]1OC(C(=O)Nc2ccccc2)=C[C@@H](c2ccc(Cl)cc2)[C@H]1CCCO. The van der Waals surface area contributed by atoms with Crippen LogP contribution in [0.3, 0.4) is 0 Å². The normalized spacial score (nSPS) is 21.2. The second-order valence-corrected chi connectivity index (χ2v) is 7.34. The second kappa shape index (κ2) is 10.4. The lowest BCUT2D eigenvalue weighted by Gasteiger charge is -2.37. The summed E-state index contributed by atoms with van der Waals surface area (Å²) in [6.45, 7) is 2.45. The lowest BCUT2D eigenvalue weighted by Crippen LogP contribution is -2.37. The van der Waals surface area contributed by atoms with E-state index < -0.39 is 6.29 Å². The average Bonchev–Trinajstić information content (AvgIpc) is 2.74. The van der Waals surface area contributed by atoms with E-state index in [9.17, 15) is 9.90 Å². The molecule has 0 spiro atoms. The average molecular weight is 416 g/mol. The highest BCUT2D eigenvalue weighted by Gasteiger charge is 2.37. The molecule has 0 bridgehead atoms. The monoisotopic (exact) mass is 415 g/mol. The molecule has 154 valence electrons. The molecule has 0 aliphatic carbocycles. The van der Waals surface area contributed by atoms with Gasteiger partial charge in [0, 0.05) is 35.8 Å². The highest BCUT2D eigenvalue weighted by Crippen LogP contribution is 2.39. The van der Waals surface area contributed by atoms with E-state index in [1.807, 2.05) is 67.6 Å². The molecule has 5 nitrogen and oxygen atoms in total. The van der Waals surface area contributed by atoms with Crippen molar-refractivity contribution in [1.29, 1.82) is 0 Å². The molecule has 0 saturated carbocycles. The van der Waals surface area contributed by atoms with E-state index >= 15 is 0 Å². The van der Waals surface area contributed by atoms with Gasteiger partial charge in [-0.2, -0.15) is 0 Å². The number of amides is 1. The summed E-state index contributed by atoms with van der Waals surface area (Å²) in [5.74, 6) is -0.217. The largest absolute Gasteiger partial charge is 0.459 e. The van der Waals surface area contributed by atoms with Crippen molar-refractivity contribution in [2.45, 2.75) is 32.0 Å². The molecule has 29 heavy (non-hydrogen) atoms. The molecule has 0 fully saturated rings. The quantitative estimate of drug-likeness (QED) is 0.654. The van der Waals surface area contributed by atoms with E-state index in [1.165, 1.54) is 0 Å². The van der Waals surface area contributed by atoms with Gasteiger partial charge in [-0.3, -0.25) is 4.79 Å². The second-order valence-electron chi connectivity index (χ2n) is 6.90. The zero-order valence-electron chi connectivity index (χ0n) is 16.4. The van der Waals surface area contributed by atoms with Gasteiger partial charge in [0.25, 0.3) is 5.91 Å². The van der Waals surface area contributed by atoms with Gasteiger partial charge in [0.05, 0.1) is 0 Å². The van der Waals surface area contributed by atoms with Crippen LogP contribution in [0.4, 0.5) is 5.69 Å². The van der Waals surface area contributed by atoms with Crippen molar-refractivity contribution in [2.75, 3.05) is 18.5 Å². The van der Waals surface area contributed by atoms with Gasteiger partial charge in [0.1, 0.15) is 0 Å². The van der Waals surface area contributed by atoms with Crippen LogP contribution in [-0.2, 0) is 14.3 Å². The number of nitrogens with one attached hydrogen (secondary N) is 1. The fraction of sp³-hybridized carbons (Fsp3) is 0.348. The summed E-state index contributed by atoms with van der Waals surface area (Å²) in [6.07, 6.45) is 2.60. The minimum atomic E-state index is -0.575. The molecule has 2 aromatic rings. The fourth-order valence-corrected chi connectivity index (χ4v) is 3.67. The van der Waals surface area contributed by atoms with Gasteiger partial charge in [0.15, 0.2) is 5.76 Å². The smallest absolute Gasteiger partial charge is 0.290 e. The number of ether oxygens (including phenoxy) is 2. The zero-order chi connectivity index (χ0) is 20.6. The van der Waals surface area contributed by atoms with Crippen molar-refractivity contribution in [1.82, 2.24) is 0 Å². The molecule has 0 saturated heterocycles. The molecule has 1 aliphatic rings. The summed E-state index contributed by atoms with van der Waals surface area (Å²) in [7, 11) is 0. The molecular weight excluding hydrogens is 390 g/mol. The van der Waals surface area contributed by atoms with E-state index in [2.05, 4.69) is 5.32 Å². The number of hydrogen-bond donors (Lipinski definition) is 2. The molecule has 1 heterocycles. The first-order valence-electron chi connectivity index (χ1n) is 9.85. The lowest BCUT2D eigenvalue weighted by molar-refractivity contribution is -0.165. The molecule has 1 amide bonds. The Morgan fingerprint density at radius 2 is 1.90 bits per heavy atom. The molecular formula is C23H26ClNO4. The number of anilines is 1. The van der Waals surface area contributed by atoms with Gasteiger partial charge in [-0.15, -0.1) is 0 Å². The van der Waals surface area contributed by atoms with Gasteiger partial charge < -0.3 is 19.9 Å². The van der Waals surface area contributed by atoms with Crippen molar-refractivity contribution in [3.8, 4) is 0 Å². The van der Waals surface area contributed by atoms with E-state index in [0.717, 1.165) is 5.56 Å². The number of aliphatic hydroxyl groups excluding tert-OH is 1. The number of carbonyl (C=O) groups is 1. The summed E-state index contributed by atoms with van der Waals surface area (Å²) in [4.78, 5) is 12.8. The Hall–Kier alpha value is -2.34. The maximum atomic E-state index is 12.8. The third-order valence-corrected chi connectivity index (χ3v) is 5.17. The van der Waals surface area contributed by atoms with Crippen LogP contribution < -0.4 is 5.32 Å². The molecule has 2 aromatic carbocycles. The lowest BCUT2D eigenvalue weighted by atomic mass is 9.80. The van der Waals surface area contributed by atoms with Crippen molar-refractivity contribution < 1.29 is 19.4 Å². The van der Waals surface area contributed by atoms with Gasteiger partial charge in [-0.1, -0.05) is 41.9 Å². The third-order valence-electron chi connectivity index (χ3n) is 4.92. The van der Waals surface area contributed by atoms with Gasteiger partial charge in [-0.05, 0) is 55.7 Å². The summed E-state index contributed by atoms with van der Waals surface area (Å²) in [5, 5.41) is 12.8. The van der Waals surface area contributed by atoms with Crippen molar-refractivity contribution >= 4 is 23.2 Å². The number of aliphatic hydroxyl groups is 1. The number of rotatable bonds is 8. The Morgan fingerprint density at radius 1 is 1.17 bits per heavy atom. The zero-order valence-corrected chi connectivity index (χ0v) is 17.1. The Labute approximate surface area is 176 Å². The summed E-state index contributed by atoms with van der Waals surface area (Å²) in [6, 6.07) is 16.8. The summed E-state index contributed by atoms with van der Waals surface area (Å²) >= 11 is 6.06. The predicted molar refractivity (Wildman–Crippen MR) is 114 cm³/mol. The van der Waals surface area contributed by atoms with Gasteiger partial charge >= 0.3 is 0 Å². The minimum Gasteiger partial charge on any atom is -0.459 e. The Kier molecular flexibility index (Phi) is 7.69. The van der Waals surface area contributed by atoms with Crippen LogP contribution >= 0.6 is 11.6 Å². The van der Waals surface area contributed by atoms with Crippen LogP contribution in [0.15, 0.2) is 66.4 Å². The molecule has 0 radical (unpaired) electrons. The van der Waals surface area contributed by atoms with Crippen molar-refractivity contribution in [3.63, 3.8) is 0 Å². The van der Waals surface area contributed by atoms with Crippen molar-refractivity contribution in [3.05, 3.63) is 77.0 Å². The number of hydrogen-bond acceptors (Lipinski definition) is 4. The summed E-state index contributed by atoms with van der Waals surface area (Å²) < 4.78 is 11.8. The molecule has 1 aliphatic heterocycles. The third kappa shape index (κ3) is 5.60. The van der Waals surface area contributed by atoms with E-state index in [0.29, 0.717) is 30.2 Å². The van der Waals surface area contributed by atoms with Crippen LogP contribution in [0.5, 0.6) is 0 Å². The van der Waals surface area contributed by atoms with E-state index in [-0.39, 0.29) is 30.1 Å². The van der Waals surface area contributed by atoms with Crippen molar-refractivity contribution in [2.24, 2.45) is 5.92 Å². The van der Waals surface area contributed by atoms with Crippen LogP contribution in [-0.4, -0.2) is 30.5 Å². The van der Waals surface area contributed by atoms with Crippen LogP contribution in [0.2, 0.25) is 5.02 Å². The van der Waals surface area contributed by atoms with E-state index in [4.69, 9.17) is 21.1 Å². The number of allylic oxidation sites excluding steroid dienone is 1. The van der Waals surface area contributed by atoms with Crippen LogP contribution in [0.25, 0.3) is 0 Å². The minimum absolute atomic E-state index is 0.0310. The first kappa shape index (κ1) is 21.4. The Morgan fingerprint density at radius 3 is 2.55 bits per heavy atom.